The van der Waals surface area contributed by atoms with Gasteiger partial charge in [0.1, 0.15) is 23.1 Å². The number of carbonyl (C=O) groups excluding carboxylic acids is 1. The maximum Gasteiger partial charge on any atom is 0.411 e. The first-order valence-electron chi connectivity index (χ1n) is 9.74. The molecule has 1 saturated heterocycles. The van der Waals surface area contributed by atoms with E-state index in [1.807, 2.05) is 0 Å². The highest BCUT2D eigenvalue weighted by molar-refractivity contribution is 6.33. The molecule has 7 nitrogen and oxygen atoms in total. The summed E-state index contributed by atoms with van der Waals surface area (Å²) in [5.74, 6) is -0.475. The monoisotopic (exact) mass is 450 g/mol. The molecule has 2 atom stereocenters. The van der Waals surface area contributed by atoms with Crippen molar-refractivity contribution in [3.8, 4) is 5.69 Å². The number of ether oxygens (including phenoxy) is 1. The number of halogens is 3. The SMILES string of the molecule is CC(C)(C)OC(=O)N1CC(F)CC1c1nn2ccc(Cl)c2c(=O)n1-c1cccc(F)c1. The molecule has 1 fully saturated rings. The first-order valence-corrected chi connectivity index (χ1v) is 10.1. The summed E-state index contributed by atoms with van der Waals surface area (Å²) < 4.78 is 36.3. The van der Waals surface area contributed by atoms with Gasteiger partial charge in [-0.2, -0.15) is 5.10 Å². The van der Waals surface area contributed by atoms with Gasteiger partial charge in [0.15, 0.2) is 5.82 Å². The van der Waals surface area contributed by atoms with E-state index in [1.165, 1.54) is 50.5 Å². The average molecular weight is 451 g/mol. The van der Waals surface area contributed by atoms with Crippen LogP contribution >= 0.6 is 11.6 Å². The Labute approximate surface area is 181 Å². The highest BCUT2D eigenvalue weighted by Crippen LogP contribution is 2.34. The second-order valence-corrected chi connectivity index (χ2v) is 8.82. The van der Waals surface area contributed by atoms with Crippen LogP contribution in [0.2, 0.25) is 5.02 Å². The van der Waals surface area contributed by atoms with Gasteiger partial charge in [0.2, 0.25) is 0 Å². The topological polar surface area (TPSA) is 68.8 Å². The second-order valence-electron chi connectivity index (χ2n) is 8.42. The maximum absolute atomic E-state index is 14.5. The van der Waals surface area contributed by atoms with Gasteiger partial charge >= 0.3 is 6.09 Å². The lowest BCUT2D eigenvalue weighted by molar-refractivity contribution is 0.0207. The molecule has 3 heterocycles. The normalized spacial score (nSPS) is 19.2. The Hall–Kier alpha value is -2.94. The molecule has 164 valence electrons. The minimum Gasteiger partial charge on any atom is -0.444 e. The van der Waals surface area contributed by atoms with Gasteiger partial charge in [-0.3, -0.25) is 14.3 Å². The van der Waals surface area contributed by atoms with Crippen LogP contribution in [0.25, 0.3) is 11.2 Å². The summed E-state index contributed by atoms with van der Waals surface area (Å²) in [5.41, 5.74) is -1.06. The number of rotatable bonds is 2. The molecule has 1 aliphatic rings. The Morgan fingerprint density at radius 2 is 2.03 bits per heavy atom. The first-order chi connectivity index (χ1) is 14.5. The molecule has 0 spiro atoms. The number of carbonyl (C=O) groups is 1. The van der Waals surface area contributed by atoms with Crippen molar-refractivity contribution < 1.29 is 18.3 Å². The summed E-state index contributed by atoms with van der Waals surface area (Å²) in [6.07, 6.45) is -0.637. The molecular formula is C21H21ClF2N4O3. The first kappa shape index (κ1) is 21.3. The summed E-state index contributed by atoms with van der Waals surface area (Å²) in [4.78, 5) is 27.3. The van der Waals surface area contributed by atoms with Crippen molar-refractivity contribution in [3.63, 3.8) is 0 Å². The molecule has 1 aliphatic heterocycles. The van der Waals surface area contributed by atoms with E-state index in [1.54, 1.807) is 20.8 Å². The number of amides is 1. The largest absolute Gasteiger partial charge is 0.444 e. The summed E-state index contributed by atoms with van der Waals surface area (Å²) >= 11 is 6.16. The summed E-state index contributed by atoms with van der Waals surface area (Å²) in [5, 5.41) is 4.64. The standard InChI is InChI=1S/C21H21ClF2N4O3/c1-21(2,3)31-20(30)26-11-13(24)10-16(26)18-25-27-8-7-15(22)17(27)19(29)28(18)14-6-4-5-12(23)9-14/h4-9,13,16H,10-11H2,1-3H3. The van der Waals surface area contributed by atoms with Crippen LogP contribution in [0.4, 0.5) is 13.6 Å². The second kappa shape index (κ2) is 7.64. The molecule has 0 radical (unpaired) electrons. The molecule has 0 N–H and O–H groups in total. The number of likely N-dealkylation sites (tertiary alicyclic amines) is 1. The summed E-state index contributed by atoms with van der Waals surface area (Å²) in [6, 6.07) is 5.99. The van der Waals surface area contributed by atoms with E-state index in [-0.39, 0.29) is 35.0 Å². The van der Waals surface area contributed by atoms with Crippen LogP contribution in [-0.4, -0.2) is 43.5 Å². The predicted molar refractivity (Wildman–Crippen MR) is 111 cm³/mol. The van der Waals surface area contributed by atoms with Crippen molar-refractivity contribution in [2.45, 2.75) is 45.0 Å². The number of nitrogens with zero attached hydrogens (tertiary/aromatic N) is 4. The zero-order valence-corrected chi connectivity index (χ0v) is 17.9. The van der Waals surface area contributed by atoms with Crippen LogP contribution in [-0.2, 0) is 4.74 Å². The maximum atomic E-state index is 14.5. The molecule has 1 aromatic carbocycles. The third kappa shape index (κ3) is 4.01. The van der Waals surface area contributed by atoms with Crippen LogP contribution < -0.4 is 5.56 Å². The summed E-state index contributed by atoms with van der Waals surface area (Å²) in [7, 11) is 0. The van der Waals surface area contributed by atoms with E-state index >= 15 is 0 Å². The molecule has 4 rings (SSSR count). The number of benzene rings is 1. The smallest absolute Gasteiger partial charge is 0.411 e. The van der Waals surface area contributed by atoms with E-state index in [2.05, 4.69) is 5.10 Å². The van der Waals surface area contributed by atoms with Gasteiger partial charge in [0.25, 0.3) is 5.56 Å². The van der Waals surface area contributed by atoms with Gasteiger partial charge in [-0.15, -0.1) is 0 Å². The van der Waals surface area contributed by atoms with Crippen LogP contribution in [0.1, 0.15) is 39.1 Å². The van der Waals surface area contributed by atoms with Crippen molar-refractivity contribution >= 4 is 23.2 Å². The lowest BCUT2D eigenvalue weighted by Gasteiger charge is -2.29. The number of aromatic nitrogens is 3. The third-order valence-electron chi connectivity index (χ3n) is 4.90. The lowest BCUT2D eigenvalue weighted by atomic mass is 10.1. The Bertz CT molecular complexity index is 1220. The lowest BCUT2D eigenvalue weighted by Crippen LogP contribution is -2.39. The van der Waals surface area contributed by atoms with Gasteiger partial charge in [-0.05, 0) is 45.0 Å². The van der Waals surface area contributed by atoms with Gasteiger partial charge in [-0.1, -0.05) is 17.7 Å². The Morgan fingerprint density at radius 3 is 2.71 bits per heavy atom. The number of alkyl halides is 1. The number of hydrogen-bond acceptors (Lipinski definition) is 4. The van der Waals surface area contributed by atoms with Crippen LogP contribution in [0.3, 0.4) is 0 Å². The van der Waals surface area contributed by atoms with E-state index in [0.717, 1.165) is 0 Å². The molecule has 0 saturated carbocycles. The van der Waals surface area contributed by atoms with Crippen molar-refractivity contribution in [1.82, 2.24) is 19.1 Å². The molecule has 0 bridgehead atoms. The quantitative estimate of drug-likeness (QED) is 0.584. The molecule has 2 aromatic heterocycles. The van der Waals surface area contributed by atoms with E-state index in [4.69, 9.17) is 16.3 Å². The van der Waals surface area contributed by atoms with Gasteiger partial charge in [0, 0.05) is 12.6 Å². The van der Waals surface area contributed by atoms with E-state index < -0.39 is 35.3 Å². The molecule has 2 unspecified atom stereocenters. The highest BCUT2D eigenvalue weighted by atomic mass is 35.5. The van der Waals surface area contributed by atoms with Gasteiger partial charge in [-0.25, -0.2) is 18.1 Å². The Balaban J connectivity index is 1.92. The Kier molecular flexibility index (Phi) is 5.25. The van der Waals surface area contributed by atoms with Crippen molar-refractivity contribution in [1.29, 1.82) is 0 Å². The van der Waals surface area contributed by atoms with Crippen molar-refractivity contribution in [2.24, 2.45) is 0 Å². The zero-order chi connectivity index (χ0) is 22.5. The molecule has 1 amide bonds. The predicted octanol–water partition coefficient (Wildman–Crippen LogP) is 4.30. The highest BCUT2D eigenvalue weighted by Gasteiger charge is 2.41. The zero-order valence-electron chi connectivity index (χ0n) is 17.2. The van der Waals surface area contributed by atoms with Gasteiger partial charge in [0.05, 0.1) is 23.3 Å². The fourth-order valence-electron chi connectivity index (χ4n) is 3.68. The van der Waals surface area contributed by atoms with Crippen LogP contribution in [0.5, 0.6) is 0 Å². The molecule has 31 heavy (non-hydrogen) atoms. The minimum absolute atomic E-state index is 0.0818. The fraction of sp³-hybridized carbons (Fsp3) is 0.381. The molecule has 3 aromatic rings. The van der Waals surface area contributed by atoms with Crippen molar-refractivity contribution in [3.05, 3.63) is 63.5 Å². The van der Waals surface area contributed by atoms with Crippen LogP contribution in [0, 0.1) is 5.82 Å². The Morgan fingerprint density at radius 1 is 1.29 bits per heavy atom. The molecular weight excluding hydrogens is 430 g/mol. The van der Waals surface area contributed by atoms with Crippen LogP contribution in [0.15, 0.2) is 41.3 Å². The molecule has 0 aliphatic carbocycles. The third-order valence-corrected chi connectivity index (χ3v) is 5.21. The van der Waals surface area contributed by atoms with E-state index in [9.17, 15) is 18.4 Å². The van der Waals surface area contributed by atoms with Crippen molar-refractivity contribution in [2.75, 3.05) is 6.54 Å². The summed E-state index contributed by atoms with van der Waals surface area (Å²) in [6.45, 7) is 4.91. The average Bonchev–Trinajstić information content (AvgIpc) is 3.23. The fourth-order valence-corrected chi connectivity index (χ4v) is 3.90. The minimum atomic E-state index is -1.33. The van der Waals surface area contributed by atoms with Gasteiger partial charge < -0.3 is 4.74 Å². The van der Waals surface area contributed by atoms with E-state index in [0.29, 0.717) is 0 Å². The molecule has 10 heteroatoms. The number of hydrogen-bond donors (Lipinski definition) is 0. The number of fused-ring (bicyclic) bond motifs is 1.